The van der Waals surface area contributed by atoms with Crippen molar-refractivity contribution in [3.63, 3.8) is 0 Å². The van der Waals surface area contributed by atoms with E-state index in [0.29, 0.717) is 42.6 Å². The Hall–Kier alpha value is -3.16. The summed E-state index contributed by atoms with van der Waals surface area (Å²) >= 11 is 0. The van der Waals surface area contributed by atoms with Crippen LogP contribution in [0.15, 0.2) is 51.8 Å². The first kappa shape index (κ1) is 17.3. The van der Waals surface area contributed by atoms with Gasteiger partial charge in [-0.2, -0.15) is 4.98 Å². The predicted octanol–water partition coefficient (Wildman–Crippen LogP) is 3.40. The first-order valence-corrected chi connectivity index (χ1v) is 8.75. The fourth-order valence-corrected chi connectivity index (χ4v) is 3.11. The Labute approximate surface area is 154 Å². The SMILES string of the molecule is O=C(c1ccoc1)N1CCCC1c1nc(CCOc2ccc(F)cc2)no1. The molecule has 1 aliphatic rings. The van der Waals surface area contributed by atoms with E-state index in [2.05, 4.69) is 10.1 Å². The molecule has 3 aromatic rings. The van der Waals surface area contributed by atoms with Crippen molar-refractivity contribution in [3.8, 4) is 5.75 Å². The van der Waals surface area contributed by atoms with Crippen LogP contribution in [-0.2, 0) is 6.42 Å². The number of rotatable bonds is 6. The van der Waals surface area contributed by atoms with E-state index in [0.717, 1.165) is 12.8 Å². The van der Waals surface area contributed by atoms with Crippen molar-refractivity contribution in [2.45, 2.75) is 25.3 Å². The number of amides is 1. The van der Waals surface area contributed by atoms with E-state index in [1.165, 1.54) is 24.7 Å². The molecule has 2 aromatic heterocycles. The Morgan fingerprint density at radius 1 is 1.30 bits per heavy atom. The molecule has 0 radical (unpaired) electrons. The van der Waals surface area contributed by atoms with Gasteiger partial charge in [-0.3, -0.25) is 4.79 Å². The first-order chi connectivity index (χ1) is 13.2. The number of likely N-dealkylation sites (tertiary alicyclic amines) is 1. The molecule has 1 saturated heterocycles. The molecule has 0 spiro atoms. The van der Waals surface area contributed by atoms with Crippen LogP contribution in [-0.4, -0.2) is 34.1 Å². The summed E-state index contributed by atoms with van der Waals surface area (Å²) in [5, 5.41) is 3.98. The number of aromatic nitrogens is 2. The molecule has 3 heterocycles. The minimum absolute atomic E-state index is 0.106. The standard InChI is InChI=1S/C19H18FN3O4/c20-14-3-5-15(6-4-14)26-11-8-17-21-18(27-22-17)16-2-1-9-23(16)19(24)13-7-10-25-12-13/h3-7,10,12,16H,1-2,8-9,11H2. The van der Waals surface area contributed by atoms with Crippen LogP contribution in [0.4, 0.5) is 4.39 Å². The highest BCUT2D eigenvalue weighted by atomic mass is 19.1. The van der Waals surface area contributed by atoms with E-state index in [1.54, 1.807) is 23.1 Å². The molecule has 1 aromatic carbocycles. The third kappa shape index (κ3) is 3.84. The van der Waals surface area contributed by atoms with Gasteiger partial charge in [0.05, 0.1) is 18.4 Å². The zero-order chi connectivity index (χ0) is 18.6. The van der Waals surface area contributed by atoms with Gasteiger partial charge in [0.25, 0.3) is 5.91 Å². The van der Waals surface area contributed by atoms with Crippen molar-refractivity contribution in [2.24, 2.45) is 0 Å². The maximum atomic E-state index is 12.9. The van der Waals surface area contributed by atoms with Crippen LogP contribution >= 0.6 is 0 Å². The van der Waals surface area contributed by atoms with Gasteiger partial charge in [-0.25, -0.2) is 4.39 Å². The highest BCUT2D eigenvalue weighted by Crippen LogP contribution is 2.32. The number of hydrogen-bond acceptors (Lipinski definition) is 6. The Morgan fingerprint density at radius 3 is 2.93 bits per heavy atom. The van der Waals surface area contributed by atoms with Crippen molar-refractivity contribution in [1.29, 1.82) is 0 Å². The van der Waals surface area contributed by atoms with Gasteiger partial charge < -0.3 is 18.6 Å². The van der Waals surface area contributed by atoms with E-state index in [-0.39, 0.29) is 17.8 Å². The number of carbonyl (C=O) groups excluding carboxylic acids is 1. The summed E-state index contributed by atoms with van der Waals surface area (Å²) in [6.45, 7) is 0.979. The lowest BCUT2D eigenvalue weighted by atomic mass is 10.2. The van der Waals surface area contributed by atoms with Gasteiger partial charge in [0.15, 0.2) is 5.82 Å². The van der Waals surface area contributed by atoms with E-state index in [4.69, 9.17) is 13.7 Å². The molecule has 1 amide bonds. The fraction of sp³-hybridized carbons (Fsp3) is 0.316. The normalized spacial score (nSPS) is 16.6. The number of halogens is 1. The Morgan fingerprint density at radius 2 is 2.15 bits per heavy atom. The summed E-state index contributed by atoms with van der Waals surface area (Å²) < 4.78 is 28.8. The minimum atomic E-state index is -0.309. The summed E-state index contributed by atoms with van der Waals surface area (Å²) in [6, 6.07) is 7.22. The lowest BCUT2D eigenvalue weighted by Gasteiger charge is -2.20. The third-order valence-corrected chi connectivity index (χ3v) is 4.46. The molecule has 1 aliphatic heterocycles. The topological polar surface area (TPSA) is 81.6 Å². The molecule has 1 unspecified atom stereocenters. The summed E-state index contributed by atoms with van der Waals surface area (Å²) in [5.74, 6) is 1.10. The second kappa shape index (κ2) is 7.61. The number of ether oxygens (including phenoxy) is 1. The number of furan rings is 1. The molecule has 0 N–H and O–H groups in total. The van der Waals surface area contributed by atoms with Crippen molar-refractivity contribution in [2.75, 3.05) is 13.2 Å². The molecule has 8 heteroatoms. The second-order valence-electron chi connectivity index (χ2n) is 6.27. The van der Waals surface area contributed by atoms with Crippen molar-refractivity contribution in [3.05, 3.63) is 66.0 Å². The predicted molar refractivity (Wildman–Crippen MR) is 91.6 cm³/mol. The van der Waals surface area contributed by atoms with Crippen LogP contribution < -0.4 is 4.74 Å². The van der Waals surface area contributed by atoms with E-state index < -0.39 is 0 Å². The number of benzene rings is 1. The average Bonchev–Trinajstić information content (AvgIpc) is 3.43. The van der Waals surface area contributed by atoms with Gasteiger partial charge >= 0.3 is 0 Å². The summed E-state index contributed by atoms with van der Waals surface area (Å²) in [7, 11) is 0. The lowest BCUT2D eigenvalue weighted by molar-refractivity contribution is 0.0709. The summed E-state index contributed by atoms with van der Waals surface area (Å²) in [4.78, 5) is 18.7. The number of carbonyl (C=O) groups is 1. The Kier molecular flexibility index (Phi) is 4.86. The van der Waals surface area contributed by atoms with E-state index in [1.807, 2.05) is 0 Å². The van der Waals surface area contributed by atoms with Gasteiger partial charge in [-0.05, 0) is 43.2 Å². The van der Waals surface area contributed by atoms with E-state index >= 15 is 0 Å². The van der Waals surface area contributed by atoms with Crippen molar-refractivity contribution >= 4 is 5.91 Å². The lowest BCUT2D eigenvalue weighted by Crippen LogP contribution is -2.30. The molecule has 0 aliphatic carbocycles. The highest BCUT2D eigenvalue weighted by molar-refractivity contribution is 5.94. The molecule has 7 nitrogen and oxygen atoms in total. The van der Waals surface area contributed by atoms with E-state index in [9.17, 15) is 9.18 Å². The van der Waals surface area contributed by atoms with Crippen LogP contribution in [0.5, 0.6) is 5.75 Å². The molecule has 1 atom stereocenters. The number of nitrogens with zero attached hydrogens (tertiary/aromatic N) is 3. The number of hydrogen-bond donors (Lipinski definition) is 0. The van der Waals surface area contributed by atoms with Crippen molar-refractivity contribution in [1.82, 2.24) is 15.0 Å². The molecular formula is C19H18FN3O4. The summed E-state index contributed by atoms with van der Waals surface area (Å²) in [6.07, 6.45) is 5.01. The van der Waals surface area contributed by atoms with Crippen LogP contribution in [0.3, 0.4) is 0 Å². The Bertz CT molecular complexity index is 892. The maximum Gasteiger partial charge on any atom is 0.257 e. The van der Waals surface area contributed by atoms with Gasteiger partial charge in [0.2, 0.25) is 5.89 Å². The second-order valence-corrected chi connectivity index (χ2v) is 6.27. The molecule has 1 fully saturated rings. The molecule has 4 rings (SSSR count). The minimum Gasteiger partial charge on any atom is -0.493 e. The van der Waals surface area contributed by atoms with Crippen LogP contribution in [0.1, 0.15) is 41.0 Å². The molecule has 0 bridgehead atoms. The fourth-order valence-electron chi connectivity index (χ4n) is 3.11. The Balaban J connectivity index is 1.36. The molecule has 0 saturated carbocycles. The van der Waals surface area contributed by atoms with Gasteiger partial charge in [0.1, 0.15) is 23.9 Å². The average molecular weight is 371 g/mol. The van der Waals surface area contributed by atoms with Crippen LogP contribution in [0.25, 0.3) is 0 Å². The van der Waals surface area contributed by atoms with Gasteiger partial charge in [-0.1, -0.05) is 5.16 Å². The third-order valence-electron chi connectivity index (χ3n) is 4.46. The smallest absolute Gasteiger partial charge is 0.257 e. The van der Waals surface area contributed by atoms with Crippen LogP contribution in [0, 0.1) is 5.82 Å². The zero-order valence-electron chi connectivity index (χ0n) is 14.5. The van der Waals surface area contributed by atoms with Gasteiger partial charge in [0, 0.05) is 13.0 Å². The highest BCUT2D eigenvalue weighted by Gasteiger charge is 2.34. The largest absolute Gasteiger partial charge is 0.493 e. The van der Waals surface area contributed by atoms with Gasteiger partial charge in [-0.15, -0.1) is 0 Å². The molecule has 27 heavy (non-hydrogen) atoms. The quantitative estimate of drug-likeness (QED) is 0.661. The zero-order valence-corrected chi connectivity index (χ0v) is 14.5. The first-order valence-electron chi connectivity index (χ1n) is 8.75. The van der Waals surface area contributed by atoms with Crippen molar-refractivity contribution < 1.29 is 22.9 Å². The monoisotopic (exact) mass is 371 g/mol. The van der Waals surface area contributed by atoms with Crippen LogP contribution in [0.2, 0.25) is 0 Å². The summed E-state index contributed by atoms with van der Waals surface area (Å²) in [5.41, 5.74) is 0.509. The molecular weight excluding hydrogens is 353 g/mol. The molecule has 140 valence electrons. The maximum absolute atomic E-state index is 12.9.